The fraction of sp³-hybridized carbons (Fsp3) is 0.944. The van der Waals surface area contributed by atoms with E-state index in [2.05, 4.69) is 4.99 Å². The molecule has 0 aromatic heterocycles. The van der Waals surface area contributed by atoms with Gasteiger partial charge in [-0.2, -0.15) is 0 Å². The third-order valence-electron chi connectivity index (χ3n) is 7.17. The minimum absolute atomic E-state index is 0.313. The molecule has 0 saturated heterocycles. The molecule has 6 atom stereocenters. The van der Waals surface area contributed by atoms with Crippen molar-refractivity contribution < 1.29 is 5.11 Å². The molecule has 3 saturated carbocycles. The largest absolute Gasteiger partial charge is 0.385 e. The number of rotatable bonds is 1. The Balaban J connectivity index is 1.55. The van der Waals surface area contributed by atoms with Crippen molar-refractivity contribution in [2.45, 2.75) is 82.3 Å². The van der Waals surface area contributed by atoms with Crippen LogP contribution in [0.1, 0.15) is 70.6 Å². The molecule has 3 nitrogen and oxygen atoms in total. The molecule has 3 fully saturated rings. The lowest BCUT2D eigenvalue weighted by Crippen LogP contribution is -2.55. The third-order valence-corrected chi connectivity index (χ3v) is 7.17. The van der Waals surface area contributed by atoms with Crippen molar-refractivity contribution in [2.75, 3.05) is 0 Å². The summed E-state index contributed by atoms with van der Waals surface area (Å²) in [6.45, 7) is 0. The van der Waals surface area contributed by atoms with Crippen LogP contribution < -0.4 is 5.73 Å². The van der Waals surface area contributed by atoms with Crippen LogP contribution >= 0.6 is 0 Å². The third kappa shape index (κ3) is 2.15. The Morgan fingerprint density at radius 1 is 0.905 bits per heavy atom. The van der Waals surface area contributed by atoms with E-state index in [1.165, 1.54) is 51.4 Å². The monoisotopic (exact) mass is 290 g/mol. The first kappa shape index (κ1) is 14.0. The van der Waals surface area contributed by atoms with Crippen molar-refractivity contribution in [3.05, 3.63) is 0 Å². The number of aliphatic imine (C=N–C) groups is 1. The Hall–Kier alpha value is -0.570. The Morgan fingerprint density at radius 3 is 2.48 bits per heavy atom. The SMILES string of the molecule is NC1=NC2CCCCC2C1(O)C1CCC2CCCCC2C1. The van der Waals surface area contributed by atoms with Gasteiger partial charge in [-0.15, -0.1) is 0 Å². The molecule has 4 rings (SSSR count). The van der Waals surface area contributed by atoms with Gasteiger partial charge in [0.25, 0.3) is 0 Å². The van der Waals surface area contributed by atoms with E-state index in [0.717, 1.165) is 31.1 Å². The van der Waals surface area contributed by atoms with Gasteiger partial charge in [0.05, 0.1) is 6.04 Å². The maximum Gasteiger partial charge on any atom is 0.129 e. The van der Waals surface area contributed by atoms with E-state index in [0.29, 0.717) is 23.7 Å². The standard InChI is InChI=1S/C18H30N2O/c19-17-18(21,15-7-3-4-8-16(15)20-17)14-10-9-12-5-1-2-6-13(12)11-14/h12-16,21H,1-11H2,(H2,19,20). The van der Waals surface area contributed by atoms with Crippen LogP contribution in [0.25, 0.3) is 0 Å². The van der Waals surface area contributed by atoms with E-state index < -0.39 is 5.60 Å². The lowest BCUT2D eigenvalue weighted by molar-refractivity contribution is -0.0500. The van der Waals surface area contributed by atoms with Crippen LogP contribution in [0.5, 0.6) is 0 Å². The normalized spacial score (nSPS) is 50.1. The highest BCUT2D eigenvalue weighted by molar-refractivity contribution is 5.91. The van der Waals surface area contributed by atoms with E-state index in [4.69, 9.17) is 5.73 Å². The van der Waals surface area contributed by atoms with Gasteiger partial charge in [0.2, 0.25) is 0 Å². The van der Waals surface area contributed by atoms with Gasteiger partial charge in [0, 0.05) is 5.92 Å². The summed E-state index contributed by atoms with van der Waals surface area (Å²) in [6, 6.07) is 0.313. The van der Waals surface area contributed by atoms with Crippen LogP contribution in [0.4, 0.5) is 0 Å². The molecule has 6 unspecified atom stereocenters. The molecule has 0 bridgehead atoms. The van der Waals surface area contributed by atoms with Crippen LogP contribution in [0.3, 0.4) is 0 Å². The Morgan fingerprint density at radius 2 is 1.62 bits per heavy atom. The molecule has 0 aromatic rings. The van der Waals surface area contributed by atoms with Gasteiger partial charge in [-0.25, -0.2) is 0 Å². The van der Waals surface area contributed by atoms with Crippen molar-refractivity contribution in [3.8, 4) is 0 Å². The number of hydrogen-bond donors (Lipinski definition) is 2. The molecule has 0 amide bonds. The number of aliphatic hydroxyl groups is 1. The van der Waals surface area contributed by atoms with Gasteiger partial charge in [-0.1, -0.05) is 38.5 Å². The van der Waals surface area contributed by atoms with Gasteiger partial charge >= 0.3 is 0 Å². The number of nitrogens with zero attached hydrogens (tertiary/aromatic N) is 1. The van der Waals surface area contributed by atoms with Crippen LogP contribution in [0.2, 0.25) is 0 Å². The lowest BCUT2D eigenvalue weighted by Gasteiger charge is -2.47. The molecule has 3 heteroatoms. The van der Waals surface area contributed by atoms with E-state index in [1.807, 2.05) is 0 Å². The second-order valence-corrected chi connectivity index (χ2v) is 8.11. The highest BCUT2D eigenvalue weighted by atomic mass is 16.3. The van der Waals surface area contributed by atoms with Crippen molar-refractivity contribution in [1.29, 1.82) is 0 Å². The maximum absolute atomic E-state index is 11.5. The first-order valence-corrected chi connectivity index (χ1v) is 9.25. The predicted molar refractivity (Wildman–Crippen MR) is 85.1 cm³/mol. The number of amidine groups is 1. The summed E-state index contributed by atoms with van der Waals surface area (Å²) in [6.07, 6.45) is 14.0. The van der Waals surface area contributed by atoms with E-state index >= 15 is 0 Å². The van der Waals surface area contributed by atoms with Gasteiger partial charge in [0.15, 0.2) is 0 Å². The van der Waals surface area contributed by atoms with Gasteiger partial charge in [-0.05, 0) is 49.9 Å². The fourth-order valence-electron chi connectivity index (χ4n) is 6.04. The second kappa shape index (κ2) is 5.26. The van der Waals surface area contributed by atoms with E-state index in [1.54, 1.807) is 0 Å². The number of nitrogens with two attached hydrogens (primary N) is 1. The molecular weight excluding hydrogens is 260 g/mol. The van der Waals surface area contributed by atoms with E-state index in [9.17, 15) is 5.11 Å². The molecule has 1 aliphatic heterocycles. The van der Waals surface area contributed by atoms with Gasteiger partial charge < -0.3 is 10.8 Å². The molecule has 3 N–H and O–H groups in total. The van der Waals surface area contributed by atoms with Crippen LogP contribution in [0.15, 0.2) is 4.99 Å². The Kier molecular flexibility index (Phi) is 3.52. The minimum atomic E-state index is -0.770. The molecule has 3 aliphatic carbocycles. The average molecular weight is 290 g/mol. The van der Waals surface area contributed by atoms with Gasteiger partial charge in [-0.3, -0.25) is 4.99 Å². The summed E-state index contributed by atoms with van der Waals surface area (Å²) in [5.74, 6) is 3.04. The predicted octanol–water partition coefficient (Wildman–Crippen LogP) is 3.25. The molecule has 118 valence electrons. The second-order valence-electron chi connectivity index (χ2n) is 8.11. The zero-order valence-electron chi connectivity index (χ0n) is 13.1. The number of hydrogen-bond acceptors (Lipinski definition) is 3. The van der Waals surface area contributed by atoms with Crippen molar-refractivity contribution in [3.63, 3.8) is 0 Å². The van der Waals surface area contributed by atoms with Crippen LogP contribution in [-0.4, -0.2) is 22.6 Å². The zero-order chi connectivity index (χ0) is 14.4. The first-order valence-electron chi connectivity index (χ1n) is 9.25. The van der Waals surface area contributed by atoms with Gasteiger partial charge in [0.1, 0.15) is 11.4 Å². The smallest absolute Gasteiger partial charge is 0.129 e. The van der Waals surface area contributed by atoms with Crippen molar-refractivity contribution >= 4 is 5.84 Å². The van der Waals surface area contributed by atoms with Crippen molar-refractivity contribution in [2.24, 2.45) is 34.4 Å². The summed E-state index contributed by atoms with van der Waals surface area (Å²) in [4.78, 5) is 4.69. The number of fused-ring (bicyclic) bond motifs is 2. The summed E-state index contributed by atoms with van der Waals surface area (Å²) in [7, 11) is 0. The van der Waals surface area contributed by atoms with E-state index in [-0.39, 0.29) is 0 Å². The molecule has 4 aliphatic rings. The minimum Gasteiger partial charge on any atom is -0.385 e. The summed E-state index contributed by atoms with van der Waals surface area (Å²) >= 11 is 0. The molecule has 21 heavy (non-hydrogen) atoms. The molecule has 0 radical (unpaired) electrons. The Labute approximate surface area is 128 Å². The maximum atomic E-state index is 11.5. The molecule has 1 heterocycles. The summed E-state index contributed by atoms with van der Waals surface area (Å²) in [5, 5.41) is 11.5. The Bertz CT molecular complexity index is 435. The lowest BCUT2D eigenvalue weighted by atomic mass is 9.60. The van der Waals surface area contributed by atoms with Crippen molar-refractivity contribution in [1.82, 2.24) is 0 Å². The fourth-order valence-corrected chi connectivity index (χ4v) is 6.04. The summed E-state index contributed by atoms with van der Waals surface area (Å²) < 4.78 is 0. The topological polar surface area (TPSA) is 58.6 Å². The summed E-state index contributed by atoms with van der Waals surface area (Å²) in [5.41, 5.74) is 5.50. The molecule has 0 aromatic carbocycles. The van der Waals surface area contributed by atoms with Crippen LogP contribution in [0, 0.1) is 23.7 Å². The highest BCUT2D eigenvalue weighted by Gasteiger charge is 2.55. The zero-order valence-corrected chi connectivity index (χ0v) is 13.1. The van der Waals surface area contributed by atoms with Crippen LogP contribution in [-0.2, 0) is 0 Å². The molecule has 0 spiro atoms. The highest BCUT2D eigenvalue weighted by Crippen LogP contribution is 2.51. The quantitative estimate of drug-likeness (QED) is 0.779. The molecular formula is C18H30N2O. The first-order chi connectivity index (χ1) is 10.2. The average Bonchev–Trinajstić information content (AvgIpc) is 2.79.